The van der Waals surface area contributed by atoms with Crippen molar-refractivity contribution in [2.75, 3.05) is 6.61 Å². The topological polar surface area (TPSA) is 27.7 Å². The summed E-state index contributed by atoms with van der Waals surface area (Å²) in [7, 11) is 3.01. The van der Waals surface area contributed by atoms with E-state index in [2.05, 4.69) is 22.6 Å². The zero-order valence-electron chi connectivity index (χ0n) is 11.4. The fourth-order valence-electron chi connectivity index (χ4n) is 1.83. The summed E-state index contributed by atoms with van der Waals surface area (Å²) in [6.45, 7) is 2.48. The Balaban J connectivity index is 1.79. The van der Waals surface area contributed by atoms with E-state index in [-0.39, 0.29) is 6.29 Å². The van der Waals surface area contributed by atoms with Gasteiger partial charge in [-0.25, -0.2) is 0 Å². The van der Waals surface area contributed by atoms with E-state index in [0.29, 0.717) is 18.1 Å². The number of ether oxygens (including phenoxy) is 2. The highest BCUT2D eigenvalue weighted by Gasteiger charge is 2.08. The molecule has 0 fully saturated rings. The smallest absolute Gasteiger partial charge is 0.341 e. The SMILES string of the molecule is CC(OCCc1ccccc1)Oc1ccccc1O[Si]. The molecule has 0 aliphatic carbocycles. The highest BCUT2D eigenvalue weighted by Crippen LogP contribution is 2.26. The second-order valence-corrected chi connectivity index (χ2v) is 4.54. The molecule has 0 heterocycles. The Morgan fingerprint density at radius 2 is 1.60 bits per heavy atom. The van der Waals surface area contributed by atoms with Crippen LogP contribution in [0.4, 0.5) is 0 Å². The predicted octanol–water partition coefficient (Wildman–Crippen LogP) is 3.13. The van der Waals surface area contributed by atoms with Crippen molar-refractivity contribution in [3.63, 3.8) is 0 Å². The molecule has 0 aliphatic rings. The minimum Gasteiger partial charge on any atom is -0.538 e. The standard InChI is InChI=1S/C16H17O3Si/c1-13(17-12-11-14-7-3-2-4-8-14)18-15-9-5-6-10-16(15)19-20/h2-10,13H,11-12H2,1H3. The van der Waals surface area contributed by atoms with E-state index in [1.54, 1.807) is 0 Å². The van der Waals surface area contributed by atoms with Gasteiger partial charge in [0.25, 0.3) is 0 Å². The van der Waals surface area contributed by atoms with Gasteiger partial charge in [-0.2, -0.15) is 0 Å². The molecule has 0 amide bonds. The Kier molecular flexibility index (Phi) is 5.64. The molecule has 20 heavy (non-hydrogen) atoms. The molecule has 2 aromatic rings. The molecule has 0 aromatic heterocycles. The van der Waals surface area contributed by atoms with Gasteiger partial charge in [-0.3, -0.25) is 0 Å². The Morgan fingerprint density at radius 3 is 2.30 bits per heavy atom. The third-order valence-electron chi connectivity index (χ3n) is 2.84. The van der Waals surface area contributed by atoms with Crippen molar-refractivity contribution >= 4 is 10.5 Å². The van der Waals surface area contributed by atoms with Crippen LogP contribution < -0.4 is 9.16 Å². The van der Waals surface area contributed by atoms with Gasteiger partial charge < -0.3 is 13.9 Å². The average Bonchev–Trinajstić information content (AvgIpc) is 2.49. The van der Waals surface area contributed by atoms with Crippen LogP contribution in [0.2, 0.25) is 0 Å². The number of benzene rings is 2. The maximum Gasteiger partial charge on any atom is 0.341 e. The van der Waals surface area contributed by atoms with Gasteiger partial charge in [0.15, 0.2) is 12.0 Å². The zero-order valence-corrected chi connectivity index (χ0v) is 12.4. The van der Waals surface area contributed by atoms with Crippen LogP contribution in [0.25, 0.3) is 0 Å². The summed E-state index contributed by atoms with van der Waals surface area (Å²) in [4.78, 5) is 0. The van der Waals surface area contributed by atoms with Gasteiger partial charge in [0.05, 0.1) is 6.61 Å². The van der Waals surface area contributed by atoms with Crippen molar-refractivity contribution < 1.29 is 13.9 Å². The van der Waals surface area contributed by atoms with Crippen molar-refractivity contribution in [2.45, 2.75) is 19.6 Å². The summed E-state index contributed by atoms with van der Waals surface area (Å²) in [5, 5.41) is 0. The fourth-order valence-corrected chi connectivity index (χ4v) is 2.00. The van der Waals surface area contributed by atoms with Crippen molar-refractivity contribution in [1.82, 2.24) is 0 Å². The van der Waals surface area contributed by atoms with Crippen LogP contribution in [0, 0.1) is 0 Å². The largest absolute Gasteiger partial charge is 0.538 e. The second kappa shape index (κ2) is 7.72. The summed E-state index contributed by atoms with van der Waals surface area (Å²) in [5.74, 6) is 1.28. The maximum absolute atomic E-state index is 5.70. The van der Waals surface area contributed by atoms with E-state index in [4.69, 9.17) is 13.9 Å². The molecule has 0 aliphatic heterocycles. The van der Waals surface area contributed by atoms with Crippen LogP contribution in [-0.4, -0.2) is 23.4 Å². The summed E-state index contributed by atoms with van der Waals surface area (Å²) in [5.41, 5.74) is 1.25. The van der Waals surface area contributed by atoms with Crippen molar-refractivity contribution in [3.8, 4) is 11.5 Å². The molecule has 103 valence electrons. The van der Waals surface area contributed by atoms with Crippen LogP contribution in [-0.2, 0) is 11.2 Å². The summed E-state index contributed by atoms with van der Waals surface area (Å²) in [6.07, 6.45) is 0.534. The van der Waals surface area contributed by atoms with Crippen molar-refractivity contribution in [1.29, 1.82) is 0 Å². The fraction of sp³-hybridized carbons (Fsp3) is 0.250. The first-order chi connectivity index (χ1) is 9.79. The minimum atomic E-state index is -0.332. The number of hydrogen-bond donors (Lipinski definition) is 0. The molecule has 0 saturated heterocycles. The molecule has 2 aromatic carbocycles. The quantitative estimate of drug-likeness (QED) is 0.578. The first-order valence-electron chi connectivity index (χ1n) is 6.54. The van der Waals surface area contributed by atoms with E-state index in [1.165, 1.54) is 5.56 Å². The van der Waals surface area contributed by atoms with Gasteiger partial charge in [0.2, 0.25) is 0 Å². The Labute approximate surface area is 123 Å². The first-order valence-corrected chi connectivity index (χ1v) is 6.95. The summed E-state index contributed by atoms with van der Waals surface area (Å²) >= 11 is 0. The molecule has 1 unspecified atom stereocenters. The van der Waals surface area contributed by atoms with Gasteiger partial charge >= 0.3 is 10.5 Å². The number of rotatable bonds is 7. The van der Waals surface area contributed by atoms with E-state index < -0.39 is 0 Å². The third kappa shape index (κ3) is 4.40. The lowest BCUT2D eigenvalue weighted by atomic mass is 10.2. The lowest BCUT2D eigenvalue weighted by Gasteiger charge is -2.17. The predicted molar refractivity (Wildman–Crippen MR) is 79.0 cm³/mol. The maximum atomic E-state index is 5.70. The van der Waals surface area contributed by atoms with Gasteiger partial charge in [-0.05, 0) is 31.0 Å². The molecule has 0 saturated carbocycles. The monoisotopic (exact) mass is 285 g/mol. The van der Waals surface area contributed by atoms with Crippen LogP contribution >= 0.6 is 0 Å². The number of para-hydroxylation sites is 2. The van der Waals surface area contributed by atoms with Gasteiger partial charge in [-0.15, -0.1) is 0 Å². The third-order valence-corrected chi connectivity index (χ3v) is 3.06. The van der Waals surface area contributed by atoms with Crippen LogP contribution in [0.15, 0.2) is 54.6 Å². The molecule has 0 spiro atoms. The van der Waals surface area contributed by atoms with E-state index in [0.717, 1.165) is 6.42 Å². The van der Waals surface area contributed by atoms with Crippen molar-refractivity contribution in [2.24, 2.45) is 0 Å². The van der Waals surface area contributed by atoms with Crippen LogP contribution in [0.5, 0.6) is 11.5 Å². The van der Waals surface area contributed by atoms with Gasteiger partial charge in [0, 0.05) is 0 Å². The normalized spacial score (nSPS) is 11.9. The Hall–Kier alpha value is -1.78. The lowest BCUT2D eigenvalue weighted by molar-refractivity contribution is -0.0660. The number of hydrogen-bond acceptors (Lipinski definition) is 3. The van der Waals surface area contributed by atoms with E-state index >= 15 is 0 Å². The highest BCUT2D eigenvalue weighted by molar-refractivity contribution is 6.00. The van der Waals surface area contributed by atoms with Crippen LogP contribution in [0.3, 0.4) is 0 Å². The summed E-state index contributed by atoms with van der Waals surface area (Å²) in [6, 6.07) is 17.7. The lowest BCUT2D eigenvalue weighted by Crippen LogP contribution is -2.18. The van der Waals surface area contributed by atoms with Crippen molar-refractivity contribution in [3.05, 3.63) is 60.2 Å². The zero-order chi connectivity index (χ0) is 14.2. The van der Waals surface area contributed by atoms with E-state index in [1.807, 2.05) is 49.4 Å². The van der Waals surface area contributed by atoms with Gasteiger partial charge in [0.1, 0.15) is 5.75 Å². The molecule has 0 N–H and O–H groups in total. The molecule has 2 rings (SSSR count). The average molecular weight is 285 g/mol. The van der Waals surface area contributed by atoms with Crippen LogP contribution in [0.1, 0.15) is 12.5 Å². The van der Waals surface area contributed by atoms with E-state index in [9.17, 15) is 0 Å². The molecule has 3 nitrogen and oxygen atoms in total. The first kappa shape index (κ1) is 14.6. The molecular formula is C16H17O3Si. The summed E-state index contributed by atoms with van der Waals surface area (Å²) < 4.78 is 16.4. The molecular weight excluding hydrogens is 268 g/mol. The molecule has 3 radical (unpaired) electrons. The molecule has 0 bridgehead atoms. The minimum absolute atomic E-state index is 0.332. The highest BCUT2D eigenvalue weighted by atomic mass is 28.2. The Bertz CT molecular complexity index is 516. The molecule has 1 atom stereocenters. The molecule has 4 heteroatoms. The Morgan fingerprint density at radius 1 is 0.950 bits per heavy atom. The van der Waals surface area contributed by atoms with Gasteiger partial charge in [-0.1, -0.05) is 42.5 Å². The second-order valence-electron chi connectivity index (χ2n) is 4.34.